The van der Waals surface area contributed by atoms with Gasteiger partial charge in [-0.25, -0.2) is 4.79 Å². The van der Waals surface area contributed by atoms with Crippen LogP contribution in [-0.2, 0) is 19.1 Å². The van der Waals surface area contributed by atoms with Crippen molar-refractivity contribution in [3.05, 3.63) is 11.6 Å². The summed E-state index contributed by atoms with van der Waals surface area (Å²) in [7, 11) is 0. The lowest BCUT2D eigenvalue weighted by Crippen LogP contribution is -2.58. The molecule has 7 heteroatoms. The summed E-state index contributed by atoms with van der Waals surface area (Å²) >= 11 is 0. The third-order valence-corrected chi connectivity index (χ3v) is 5.81. The van der Waals surface area contributed by atoms with Gasteiger partial charge >= 0.3 is 5.97 Å². The highest BCUT2D eigenvalue weighted by Gasteiger charge is 2.34. The van der Waals surface area contributed by atoms with Crippen molar-refractivity contribution in [2.45, 2.75) is 98.8 Å². The molecule has 0 bridgehead atoms. The third kappa shape index (κ3) is 8.28. The van der Waals surface area contributed by atoms with E-state index in [0.717, 1.165) is 25.8 Å². The average Bonchev–Trinajstić information content (AvgIpc) is 2.70. The van der Waals surface area contributed by atoms with E-state index in [1.807, 2.05) is 27.7 Å². The number of ether oxygens (including phenoxy) is 1. The van der Waals surface area contributed by atoms with E-state index in [1.54, 1.807) is 19.9 Å². The minimum atomic E-state index is -0.638. The zero-order valence-corrected chi connectivity index (χ0v) is 20.7. The second-order valence-corrected chi connectivity index (χ2v) is 9.42. The number of piperidine rings is 1. The Balaban J connectivity index is 2.93. The van der Waals surface area contributed by atoms with Crippen LogP contribution in [0.1, 0.15) is 74.7 Å². The Bertz CT molecular complexity index is 643. The molecule has 3 atom stereocenters. The van der Waals surface area contributed by atoms with Crippen LogP contribution in [-0.4, -0.2) is 60.0 Å². The average molecular weight is 438 g/mol. The molecule has 0 aromatic heterocycles. The van der Waals surface area contributed by atoms with Gasteiger partial charge in [0.2, 0.25) is 11.8 Å². The maximum absolute atomic E-state index is 13.1. The van der Waals surface area contributed by atoms with E-state index >= 15 is 0 Å². The van der Waals surface area contributed by atoms with Crippen LogP contribution in [0.4, 0.5) is 0 Å². The summed E-state index contributed by atoms with van der Waals surface area (Å²) in [5.74, 6) is -0.694. The molecule has 2 amide bonds. The summed E-state index contributed by atoms with van der Waals surface area (Å²) in [4.78, 5) is 40.4. The Morgan fingerprint density at radius 1 is 1.03 bits per heavy atom. The van der Waals surface area contributed by atoms with Crippen molar-refractivity contribution in [2.24, 2.45) is 11.8 Å². The Labute approximate surface area is 188 Å². The fourth-order valence-electron chi connectivity index (χ4n) is 3.88. The van der Waals surface area contributed by atoms with Crippen LogP contribution in [0.2, 0.25) is 0 Å². The van der Waals surface area contributed by atoms with Crippen molar-refractivity contribution >= 4 is 17.8 Å². The van der Waals surface area contributed by atoms with Gasteiger partial charge in [0.25, 0.3) is 0 Å². The van der Waals surface area contributed by atoms with Crippen molar-refractivity contribution in [3.8, 4) is 0 Å². The molecule has 0 aromatic carbocycles. The van der Waals surface area contributed by atoms with Crippen molar-refractivity contribution < 1.29 is 19.1 Å². The molecule has 1 saturated heterocycles. The molecule has 178 valence electrons. The number of hydrogen-bond donors (Lipinski definition) is 2. The molecule has 1 fully saturated rings. The van der Waals surface area contributed by atoms with Crippen LogP contribution in [0.5, 0.6) is 0 Å². The van der Waals surface area contributed by atoms with Crippen LogP contribution < -0.4 is 10.6 Å². The van der Waals surface area contributed by atoms with E-state index in [2.05, 4.69) is 29.4 Å². The fraction of sp³-hybridized carbons (Fsp3) is 0.792. The zero-order chi connectivity index (χ0) is 23.7. The quantitative estimate of drug-likeness (QED) is 0.405. The number of amides is 2. The van der Waals surface area contributed by atoms with Gasteiger partial charge in [0, 0.05) is 11.6 Å². The number of esters is 1. The summed E-state index contributed by atoms with van der Waals surface area (Å²) in [6, 6.07) is -0.892. The largest absolute Gasteiger partial charge is 0.463 e. The number of hydrogen-bond acceptors (Lipinski definition) is 5. The Kier molecular flexibility index (Phi) is 11.2. The summed E-state index contributed by atoms with van der Waals surface area (Å²) in [5, 5.41) is 6.02. The molecule has 0 saturated carbocycles. The van der Waals surface area contributed by atoms with Crippen LogP contribution in [0.25, 0.3) is 0 Å². The first kappa shape index (κ1) is 27.1. The molecule has 1 heterocycles. The Morgan fingerprint density at radius 2 is 1.68 bits per heavy atom. The molecule has 0 unspecified atom stereocenters. The van der Waals surface area contributed by atoms with Gasteiger partial charge < -0.3 is 15.4 Å². The first-order valence-corrected chi connectivity index (χ1v) is 11.7. The summed E-state index contributed by atoms with van der Waals surface area (Å²) < 4.78 is 5.04. The lowest BCUT2D eigenvalue weighted by Gasteiger charge is -2.38. The summed E-state index contributed by atoms with van der Waals surface area (Å²) in [6.45, 7) is 16.7. The molecule has 0 aromatic rings. The Morgan fingerprint density at radius 3 is 2.19 bits per heavy atom. The first-order valence-electron chi connectivity index (χ1n) is 11.7. The highest BCUT2D eigenvalue weighted by molar-refractivity contribution is 5.91. The molecule has 1 rings (SSSR count). The molecule has 0 aliphatic carbocycles. The highest BCUT2D eigenvalue weighted by Crippen LogP contribution is 2.20. The molecule has 0 radical (unpaired) electrons. The van der Waals surface area contributed by atoms with E-state index in [1.165, 1.54) is 0 Å². The number of nitrogens with zero attached hydrogens (tertiary/aromatic N) is 1. The predicted molar refractivity (Wildman–Crippen MR) is 123 cm³/mol. The maximum Gasteiger partial charge on any atom is 0.333 e. The van der Waals surface area contributed by atoms with E-state index in [9.17, 15) is 14.4 Å². The van der Waals surface area contributed by atoms with E-state index in [0.29, 0.717) is 12.2 Å². The molecular weight excluding hydrogens is 394 g/mol. The van der Waals surface area contributed by atoms with Gasteiger partial charge in [0.1, 0.15) is 6.04 Å². The lowest BCUT2D eigenvalue weighted by atomic mass is 9.96. The van der Waals surface area contributed by atoms with Crippen LogP contribution in [0.3, 0.4) is 0 Å². The lowest BCUT2D eigenvalue weighted by molar-refractivity contribution is -0.138. The fourth-order valence-corrected chi connectivity index (χ4v) is 3.88. The smallest absolute Gasteiger partial charge is 0.333 e. The number of carbonyl (C=O) groups excluding carboxylic acids is 3. The highest BCUT2D eigenvalue weighted by atomic mass is 16.5. The first-order chi connectivity index (χ1) is 14.5. The monoisotopic (exact) mass is 437 g/mol. The second kappa shape index (κ2) is 12.8. The molecule has 31 heavy (non-hydrogen) atoms. The third-order valence-electron chi connectivity index (χ3n) is 5.81. The zero-order valence-electron chi connectivity index (χ0n) is 20.7. The minimum Gasteiger partial charge on any atom is -0.463 e. The predicted octanol–water partition coefficient (Wildman–Crippen LogP) is 3.04. The number of rotatable bonds is 10. The molecule has 0 spiro atoms. The second-order valence-electron chi connectivity index (χ2n) is 9.42. The standard InChI is InChI=1S/C24H43N3O4/c1-9-31-24(30)18(8)14-19(15(2)3)25-23(29)21(16(4)5)26-22(28)20-12-10-11-13-27(20)17(6)7/h14-17,19-21H,9-13H2,1-8H3,(H,25,29)(H,26,28)/b18-14+/t19-,20-,21+/m1/s1. The van der Waals surface area contributed by atoms with Gasteiger partial charge in [0.15, 0.2) is 0 Å². The van der Waals surface area contributed by atoms with Gasteiger partial charge in [0.05, 0.1) is 18.7 Å². The summed E-state index contributed by atoms with van der Waals surface area (Å²) in [6.07, 6.45) is 4.67. The van der Waals surface area contributed by atoms with E-state index < -0.39 is 6.04 Å². The summed E-state index contributed by atoms with van der Waals surface area (Å²) in [5.41, 5.74) is 0.459. The topological polar surface area (TPSA) is 87.7 Å². The molecule has 1 aliphatic heterocycles. The van der Waals surface area contributed by atoms with Crippen LogP contribution in [0, 0.1) is 11.8 Å². The van der Waals surface area contributed by atoms with Gasteiger partial charge in [-0.15, -0.1) is 0 Å². The van der Waals surface area contributed by atoms with Gasteiger partial charge in [-0.05, 0) is 58.9 Å². The van der Waals surface area contributed by atoms with Crippen molar-refractivity contribution in [3.63, 3.8) is 0 Å². The van der Waals surface area contributed by atoms with Crippen molar-refractivity contribution in [1.29, 1.82) is 0 Å². The minimum absolute atomic E-state index is 0.0667. The number of nitrogens with one attached hydrogen (secondary N) is 2. The van der Waals surface area contributed by atoms with E-state index in [-0.39, 0.29) is 47.7 Å². The molecule has 1 aliphatic rings. The number of likely N-dealkylation sites (tertiary alicyclic amines) is 1. The maximum atomic E-state index is 13.1. The Hall–Kier alpha value is -1.89. The van der Waals surface area contributed by atoms with Crippen LogP contribution in [0.15, 0.2) is 11.6 Å². The van der Waals surface area contributed by atoms with Crippen molar-refractivity contribution in [2.75, 3.05) is 13.2 Å². The SMILES string of the molecule is CCOC(=O)/C(C)=C/[C@@H](NC(=O)[C@@H](NC(=O)[C@H]1CCCCN1C(C)C)C(C)C)C(C)C. The van der Waals surface area contributed by atoms with Gasteiger partial charge in [-0.3, -0.25) is 14.5 Å². The van der Waals surface area contributed by atoms with Crippen molar-refractivity contribution in [1.82, 2.24) is 15.5 Å². The van der Waals surface area contributed by atoms with Crippen LogP contribution >= 0.6 is 0 Å². The molecule has 7 nitrogen and oxygen atoms in total. The van der Waals surface area contributed by atoms with E-state index in [4.69, 9.17) is 4.74 Å². The normalized spacial score (nSPS) is 20.0. The number of carbonyl (C=O) groups is 3. The van der Waals surface area contributed by atoms with Gasteiger partial charge in [-0.2, -0.15) is 0 Å². The molecule has 2 N–H and O–H groups in total. The molecular formula is C24H43N3O4. The van der Waals surface area contributed by atoms with Gasteiger partial charge in [-0.1, -0.05) is 40.2 Å².